The minimum Gasteiger partial charge on any atom is -0.497 e. The van der Waals surface area contributed by atoms with Gasteiger partial charge in [-0.3, -0.25) is 0 Å². The Bertz CT molecular complexity index is 873. The maximum atomic E-state index is 5.20. The van der Waals surface area contributed by atoms with Crippen molar-refractivity contribution in [1.29, 1.82) is 0 Å². The van der Waals surface area contributed by atoms with Crippen molar-refractivity contribution in [2.75, 3.05) is 26.1 Å². The lowest BCUT2D eigenvalue weighted by atomic mass is 10.2. The van der Waals surface area contributed by atoms with Gasteiger partial charge in [0.15, 0.2) is 22.1 Å². The monoisotopic (exact) mass is 357 g/mol. The topological polar surface area (TPSA) is 56.1 Å². The third-order valence-electron chi connectivity index (χ3n) is 4.04. The largest absolute Gasteiger partial charge is 0.497 e. The van der Waals surface area contributed by atoms with Crippen LogP contribution in [-0.2, 0) is 19.2 Å². The molecule has 0 fully saturated rings. The molecule has 0 spiro atoms. The summed E-state index contributed by atoms with van der Waals surface area (Å²) in [6.45, 7) is 2.10. The lowest BCUT2D eigenvalue weighted by Gasteiger charge is -2.13. The summed E-state index contributed by atoms with van der Waals surface area (Å²) < 4.78 is 7.26. The van der Waals surface area contributed by atoms with Gasteiger partial charge >= 0.3 is 0 Å². The van der Waals surface area contributed by atoms with E-state index < -0.39 is 0 Å². The number of ether oxygens (including phenoxy) is 1. The van der Waals surface area contributed by atoms with Gasteiger partial charge in [-0.25, -0.2) is 15.0 Å². The number of thioether (sulfide) groups is 1. The van der Waals surface area contributed by atoms with E-state index >= 15 is 0 Å². The Morgan fingerprint density at radius 1 is 1.12 bits per heavy atom. The van der Waals surface area contributed by atoms with E-state index in [1.54, 1.807) is 18.9 Å². The van der Waals surface area contributed by atoms with Crippen molar-refractivity contribution >= 4 is 28.7 Å². The molecule has 0 radical (unpaired) electrons. The number of benzene rings is 1. The predicted octanol–water partition coefficient (Wildman–Crippen LogP) is 3.29. The molecule has 25 heavy (non-hydrogen) atoms. The quantitative estimate of drug-likeness (QED) is 0.498. The molecule has 0 saturated heterocycles. The summed E-state index contributed by atoms with van der Waals surface area (Å²) in [7, 11) is 7.66. The molecule has 2 aromatic heterocycles. The highest BCUT2D eigenvalue weighted by molar-refractivity contribution is 7.98. The van der Waals surface area contributed by atoms with E-state index in [-0.39, 0.29) is 0 Å². The molecular weight excluding hydrogens is 334 g/mol. The van der Waals surface area contributed by atoms with Crippen molar-refractivity contribution < 1.29 is 4.74 Å². The van der Waals surface area contributed by atoms with Crippen LogP contribution >= 0.6 is 11.8 Å². The summed E-state index contributed by atoms with van der Waals surface area (Å²) in [4.78, 5) is 16.1. The Hall–Kier alpha value is -2.28. The number of fused-ring (bicyclic) bond motifs is 1. The van der Waals surface area contributed by atoms with Gasteiger partial charge in [0.1, 0.15) is 11.6 Å². The molecule has 7 heteroatoms. The van der Waals surface area contributed by atoms with Gasteiger partial charge in [-0.1, -0.05) is 30.8 Å². The average Bonchev–Trinajstić information content (AvgIpc) is 2.95. The van der Waals surface area contributed by atoms with E-state index in [0.717, 1.165) is 45.9 Å². The number of hydrogen-bond acceptors (Lipinski definition) is 6. The predicted molar refractivity (Wildman–Crippen MR) is 103 cm³/mol. The van der Waals surface area contributed by atoms with Gasteiger partial charge in [-0.15, -0.1) is 0 Å². The number of anilines is 1. The fourth-order valence-corrected chi connectivity index (χ4v) is 3.42. The van der Waals surface area contributed by atoms with E-state index in [4.69, 9.17) is 19.7 Å². The lowest BCUT2D eigenvalue weighted by molar-refractivity contribution is 0.414. The second-order valence-corrected chi connectivity index (χ2v) is 6.92. The number of nitrogens with zero attached hydrogens (tertiary/aromatic N) is 5. The Morgan fingerprint density at radius 3 is 2.44 bits per heavy atom. The van der Waals surface area contributed by atoms with Crippen LogP contribution in [0.15, 0.2) is 29.4 Å². The van der Waals surface area contributed by atoms with Crippen molar-refractivity contribution in [2.45, 2.75) is 24.3 Å². The fraction of sp³-hybridized carbons (Fsp3) is 0.389. The van der Waals surface area contributed by atoms with Crippen LogP contribution in [0.1, 0.15) is 18.3 Å². The third-order valence-corrected chi connectivity index (χ3v) is 4.96. The number of rotatable bonds is 6. The SMILES string of the molecule is CCc1nc2c(N(C)C)nc(SCc3ccc(OC)cc3)nc2n1C. The van der Waals surface area contributed by atoms with Gasteiger partial charge in [-0.2, -0.15) is 0 Å². The summed E-state index contributed by atoms with van der Waals surface area (Å²) in [5.41, 5.74) is 2.95. The molecule has 3 aromatic rings. The molecule has 0 aliphatic rings. The molecule has 3 rings (SSSR count). The maximum absolute atomic E-state index is 5.20. The van der Waals surface area contributed by atoms with Gasteiger partial charge in [0, 0.05) is 33.3 Å². The Labute approximate surface area is 152 Å². The van der Waals surface area contributed by atoms with Gasteiger partial charge in [0.05, 0.1) is 7.11 Å². The van der Waals surface area contributed by atoms with Crippen molar-refractivity contribution in [3.05, 3.63) is 35.7 Å². The van der Waals surface area contributed by atoms with Gasteiger partial charge in [0.2, 0.25) is 0 Å². The molecule has 0 bridgehead atoms. The highest BCUT2D eigenvalue weighted by Crippen LogP contribution is 2.28. The number of aryl methyl sites for hydroxylation is 2. The molecule has 0 unspecified atom stereocenters. The van der Waals surface area contributed by atoms with Crippen molar-refractivity contribution in [2.24, 2.45) is 7.05 Å². The number of imidazole rings is 1. The van der Waals surface area contributed by atoms with E-state index in [1.165, 1.54) is 5.56 Å². The fourth-order valence-electron chi connectivity index (χ4n) is 2.63. The number of methoxy groups -OCH3 is 1. The van der Waals surface area contributed by atoms with Crippen LogP contribution < -0.4 is 9.64 Å². The van der Waals surface area contributed by atoms with Crippen LogP contribution in [-0.4, -0.2) is 40.7 Å². The molecule has 2 heterocycles. The van der Waals surface area contributed by atoms with E-state index in [2.05, 4.69) is 23.6 Å². The first kappa shape index (κ1) is 17.5. The maximum Gasteiger partial charge on any atom is 0.191 e. The first-order valence-electron chi connectivity index (χ1n) is 8.19. The zero-order valence-corrected chi connectivity index (χ0v) is 16.1. The highest BCUT2D eigenvalue weighted by Gasteiger charge is 2.16. The lowest BCUT2D eigenvalue weighted by Crippen LogP contribution is -2.12. The van der Waals surface area contributed by atoms with Crippen LogP contribution in [0, 0.1) is 0 Å². The molecule has 0 saturated carbocycles. The second-order valence-electron chi connectivity index (χ2n) is 5.97. The summed E-state index contributed by atoms with van der Waals surface area (Å²) in [5.74, 6) is 3.55. The van der Waals surface area contributed by atoms with E-state index in [1.807, 2.05) is 38.2 Å². The molecule has 0 aliphatic heterocycles. The molecule has 0 amide bonds. The molecule has 0 N–H and O–H groups in total. The van der Waals surface area contributed by atoms with Crippen molar-refractivity contribution in [1.82, 2.24) is 19.5 Å². The summed E-state index contributed by atoms with van der Waals surface area (Å²) in [6, 6.07) is 8.08. The first-order chi connectivity index (χ1) is 12.0. The minimum absolute atomic E-state index is 0.762. The molecular formula is C18H23N5OS. The van der Waals surface area contributed by atoms with Crippen LogP contribution in [0.5, 0.6) is 5.75 Å². The summed E-state index contributed by atoms with van der Waals surface area (Å²) >= 11 is 1.63. The van der Waals surface area contributed by atoms with Crippen LogP contribution in [0.3, 0.4) is 0 Å². The standard InChI is InChI=1S/C18H23N5OS/c1-6-14-19-15-16(22(2)3)20-18(21-17(15)23(14)4)25-11-12-7-9-13(24-5)10-8-12/h7-10H,6,11H2,1-5H3. The summed E-state index contributed by atoms with van der Waals surface area (Å²) in [6.07, 6.45) is 0.869. The smallest absolute Gasteiger partial charge is 0.191 e. The zero-order valence-electron chi connectivity index (χ0n) is 15.3. The van der Waals surface area contributed by atoms with Crippen LogP contribution in [0.25, 0.3) is 11.2 Å². The van der Waals surface area contributed by atoms with Crippen molar-refractivity contribution in [3.8, 4) is 5.75 Å². The minimum atomic E-state index is 0.762. The van der Waals surface area contributed by atoms with E-state index in [9.17, 15) is 0 Å². The molecule has 6 nitrogen and oxygen atoms in total. The molecule has 1 aromatic carbocycles. The zero-order chi connectivity index (χ0) is 18.0. The van der Waals surface area contributed by atoms with Gasteiger partial charge < -0.3 is 14.2 Å². The third kappa shape index (κ3) is 3.56. The molecule has 0 atom stereocenters. The number of hydrogen-bond donors (Lipinski definition) is 0. The van der Waals surface area contributed by atoms with Crippen molar-refractivity contribution in [3.63, 3.8) is 0 Å². The normalized spacial score (nSPS) is 11.1. The summed E-state index contributed by atoms with van der Waals surface area (Å²) in [5, 5.41) is 0.762. The number of aromatic nitrogens is 4. The Kier molecular flexibility index (Phi) is 5.13. The van der Waals surface area contributed by atoms with Gasteiger partial charge in [0.25, 0.3) is 0 Å². The Balaban J connectivity index is 1.91. The molecule has 0 aliphatic carbocycles. The molecule has 132 valence electrons. The van der Waals surface area contributed by atoms with E-state index in [0.29, 0.717) is 0 Å². The highest BCUT2D eigenvalue weighted by atomic mass is 32.2. The van der Waals surface area contributed by atoms with Crippen LogP contribution in [0.2, 0.25) is 0 Å². The second kappa shape index (κ2) is 7.31. The Morgan fingerprint density at radius 2 is 1.84 bits per heavy atom. The van der Waals surface area contributed by atoms with Gasteiger partial charge in [-0.05, 0) is 17.7 Å². The first-order valence-corrected chi connectivity index (χ1v) is 9.18. The average molecular weight is 357 g/mol. The van der Waals surface area contributed by atoms with Crippen LogP contribution in [0.4, 0.5) is 5.82 Å².